The van der Waals surface area contributed by atoms with Crippen molar-refractivity contribution in [2.75, 3.05) is 18.1 Å². The summed E-state index contributed by atoms with van der Waals surface area (Å²) in [5, 5.41) is 21.2. The van der Waals surface area contributed by atoms with Crippen LogP contribution in [0.2, 0.25) is 0 Å². The molecular weight excluding hydrogens is 635 g/mol. The van der Waals surface area contributed by atoms with Crippen LogP contribution >= 0.6 is 23.1 Å². The van der Waals surface area contributed by atoms with E-state index in [9.17, 15) is 14.9 Å². The Bertz CT molecular complexity index is 1850. The number of aliphatic hydroxyl groups excluding tert-OH is 1. The third-order valence-electron chi connectivity index (χ3n) is 8.78. The molecule has 4 aromatic rings. The Labute approximate surface area is 290 Å². The SMILES string of the molecule is CC1=C(C#N)C(=O)N(CCCCCCO)C(=O)C1=CC1(c2ccc(N(c3ccccc3)c3ccccc3)cc2)CC=C(c2cccs2)S1. The fourth-order valence-corrected chi connectivity index (χ4v) is 8.49. The number of thiophene rings is 1. The summed E-state index contributed by atoms with van der Waals surface area (Å²) in [5.41, 5.74) is 4.95. The highest BCUT2D eigenvalue weighted by Gasteiger charge is 2.41. The molecule has 0 saturated heterocycles. The van der Waals surface area contributed by atoms with E-state index in [0.717, 1.165) is 45.2 Å². The Hall–Kier alpha value is -4.68. The second-order valence-electron chi connectivity index (χ2n) is 11.9. The van der Waals surface area contributed by atoms with Crippen molar-refractivity contribution in [3.8, 4) is 6.07 Å². The van der Waals surface area contributed by atoms with Crippen molar-refractivity contribution in [3.63, 3.8) is 0 Å². The minimum absolute atomic E-state index is 0.0116. The molecule has 0 spiro atoms. The number of allylic oxidation sites excluding steroid dienone is 1. The van der Waals surface area contributed by atoms with Gasteiger partial charge < -0.3 is 10.0 Å². The van der Waals surface area contributed by atoms with Crippen LogP contribution in [0.15, 0.2) is 131 Å². The molecule has 3 aromatic carbocycles. The molecule has 8 heteroatoms. The highest BCUT2D eigenvalue weighted by Crippen LogP contribution is 2.56. The van der Waals surface area contributed by atoms with Crippen molar-refractivity contribution in [2.45, 2.75) is 43.8 Å². The van der Waals surface area contributed by atoms with Crippen LogP contribution in [0.5, 0.6) is 0 Å². The predicted octanol–water partition coefficient (Wildman–Crippen LogP) is 9.28. The van der Waals surface area contributed by atoms with Crippen molar-refractivity contribution >= 4 is 56.9 Å². The van der Waals surface area contributed by atoms with Crippen LogP contribution in [0.1, 0.15) is 49.5 Å². The summed E-state index contributed by atoms with van der Waals surface area (Å²) >= 11 is 3.39. The van der Waals surface area contributed by atoms with Crippen molar-refractivity contribution < 1.29 is 14.7 Å². The Kier molecular flexibility index (Phi) is 10.4. The molecule has 0 fully saturated rings. The molecule has 3 heterocycles. The molecule has 6 nitrogen and oxygen atoms in total. The number of thioether (sulfide) groups is 1. The summed E-state index contributed by atoms with van der Waals surface area (Å²) in [7, 11) is 0. The van der Waals surface area contributed by atoms with Gasteiger partial charge in [-0.15, -0.1) is 23.1 Å². The Balaban J connectivity index is 1.40. The third kappa shape index (κ3) is 6.81. The summed E-state index contributed by atoms with van der Waals surface area (Å²) < 4.78 is -0.637. The number of benzene rings is 3. The molecule has 0 aliphatic carbocycles. The molecule has 1 N–H and O–H groups in total. The van der Waals surface area contributed by atoms with Crippen LogP contribution in [-0.2, 0) is 14.3 Å². The molecule has 1 unspecified atom stereocenters. The average Bonchev–Trinajstić information content (AvgIpc) is 3.81. The average molecular weight is 672 g/mol. The molecule has 0 radical (unpaired) electrons. The maximum atomic E-state index is 14.1. The zero-order valence-corrected chi connectivity index (χ0v) is 28.5. The zero-order valence-electron chi connectivity index (χ0n) is 26.8. The lowest BCUT2D eigenvalue weighted by molar-refractivity contribution is -0.140. The highest BCUT2D eigenvalue weighted by molar-refractivity contribution is 8.09. The molecule has 1 aromatic heterocycles. The number of anilines is 3. The molecule has 1 atom stereocenters. The lowest BCUT2D eigenvalue weighted by Gasteiger charge is -2.32. The van der Waals surface area contributed by atoms with Crippen LogP contribution in [0.3, 0.4) is 0 Å². The van der Waals surface area contributed by atoms with Crippen LogP contribution in [0.4, 0.5) is 17.1 Å². The Morgan fingerprint density at radius 2 is 1.50 bits per heavy atom. The summed E-state index contributed by atoms with van der Waals surface area (Å²) in [5.74, 6) is -0.893. The first kappa shape index (κ1) is 33.2. The zero-order chi connectivity index (χ0) is 33.5. The van der Waals surface area contributed by atoms with Gasteiger partial charge in [-0.3, -0.25) is 14.5 Å². The number of hydrogen-bond donors (Lipinski definition) is 1. The second-order valence-corrected chi connectivity index (χ2v) is 14.2. The lowest BCUT2D eigenvalue weighted by atomic mass is 9.87. The monoisotopic (exact) mass is 671 g/mol. The van der Waals surface area contributed by atoms with Gasteiger partial charge in [-0.2, -0.15) is 5.26 Å². The van der Waals surface area contributed by atoms with E-state index >= 15 is 0 Å². The van der Waals surface area contributed by atoms with E-state index in [1.807, 2.05) is 48.5 Å². The third-order valence-corrected chi connectivity index (χ3v) is 11.3. The fraction of sp³-hybridized carbons (Fsp3) is 0.225. The number of hydrogen-bond acceptors (Lipinski definition) is 7. The van der Waals surface area contributed by atoms with Gasteiger partial charge in [-0.25, -0.2) is 0 Å². The number of nitrogens with zero attached hydrogens (tertiary/aromatic N) is 3. The van der Waals surface area contributed by atoms with E-state index in [1.54, 1.807) is 30.0 Å². The second kappa shape index (κ2) is 15.0. The number of para-hydroxylation sites is 2. The standard InChI is InChI=1S/C40H37N3O3S2/c1-29-34(38(45)42(39(46)35(29)28-41)24-10-2-3-11-25-44)27-40(23-22-37(48-40)36-17-12-26-47-36)30-18-20-33(21-19-30)43(31-13-6-4-7-14-31)32-15-8-5-9-16-32/h4-9,12-22,26-27,44H,2-3,10-11,23-25H2,1H3. The van der Waals surface area contributed by atoms with Gasteiger partial charge in [0.25, 0.3) is 11.8 Å². The van der Waals surface area contributed by atoms with Crippen molar-refractivity contribution in [1.29, 1.82) is 5.26 Å². The van der Waals surface area contributed by atoms with E-state index in [4.69, 9.17) is 5.11 Å². The van der Waals surface area contributed by atoms with Gasteiger partial charge in [0.1, 0.15) is 11.6 Å². The molecule has 242 valence electrons. The van der Waals surface area contributed by atoms with Gasteiger partial charge in [-0.05, 0) is 85.2 Å². The van der Waals surface area contributed by atoms with E-state index in [0.29, 0.717) is 30.4 Å². The number of carbonyl (C=O) groups is 2. The Morgan fingerprint density at radius 3 is 2.10 bits per heavy atom. The molecule has 6 rings (SSSR count). The van der Waals surface area contributed by atoms with Crippen molar-refractivity contribution in [1.82, 2.24) is 4.90 Å². The van der Waals surface area contributed by atoms with Crippen LogP contribution < -0.4 is 4.90 Å². The number of nitriles is 1. The maximum absolute atomic E-state index is 14.1. The highest BCUT2D eigenvalue weighted by atomic mass is 32.2. The summed E-state index contributed by atoms with van der Waals surface area (Å²) in [6.07, 6.45) is 7.76. The van der Waals surface area contributed by atoms with E-state index in [1.165, 1.54) is 4.90 Å². The van der Waals surface area contributed by atoms with Gasteiger partial charge in [-0.1, -0.05) is 79.6 Å². The van der Waals surface area contributed by atoms with Crippen LogP contribution in [0.25, 0.3) is 4.91 Å². The molecule has 2 aliphatic heterocycles. The normalized spacial score (nSPS) is 18.7. The molecule has 2 aliphatic rings. The molecule has 0 bridgehead atoms. The minimum Gasteiger partial charge on any atom is -0.396 e. The predicted molar refractivity (Wildman–Crippen MR) is 196 cm³/mol. The molecule has 48 heavy (non-hydrogen) atoms. The van der Waals surface area contributed by atoms with E-state index in [-0.39, 0.29) is 24.6 Å². The van der Waals surface area contributed by atoms with Gasteiger partial charge in [0.15, 0.2) is 0 Å². The van der Waals surface area contributed by atoms with Gasteiger partial charge in [0, 0.05) is 45.6 Å². The van der Waals surface area contributed by atoms with Crippen LogP contribution in [-0.4, -0.2) is 35.0 Å². The molecule has 0 saturated carbocycles. The minimum atomic E-state index is -0.637. The molecule has 2 amide bonds. The number of rotatable bonds is 12. The van der Waals surface area contributed by atoms with E-state index in [2.05, 4.69) is 77.0 Å². The summed E-state index contributed by atoms with van der Waals surface area (Å²) in [4.78, 5) is 33.1. The quantitative estimate of drug-likeness (QED) is 0.0918. The van der Waals surface area contributed by atoms with Gasteiger partial charge in [0.05, 0.1) is 4.75 Å². The number of carbonyl (C=O) groups excluding carboxylic acids is 2. The fourth-order valence-electron chi connectivity index (χ4n) is 6.24. The number of aliphatic hydroxyl groups is 1. The number of amides is 2. The first-order valence-corrected chi connectivity index (χ1v) is 17.9. The van der Waals surface area contributed by atoms with Crippen molar-refractivity contribution in [3.05, 3.63) is 142 Å². The first-order valence-electron chi connectivity index (χ1n) is 16.2. The van der Waals surface area contributed by atoms with Crippen LogP contribution in [0, 0.1) is 11.3 Å². The number of imide groups is 1. The van der Waals surface area contributed by atoms with Gasteiger partial charge in [0.2, 0.25) is 0 Å². The first-order chi connectivity index (χ1) is 23.5. The van der Waals surface area contributed by atoms with E-state index < -0.39 is 10.7 Å². The lowest BCUT2D eigenvalue weighted by Crippen LogP contribution is -2.43. The summed E-state index contributed by atoms with van der Waals surface area (Å²) in [6, 6.07) is 35.2. The number of unbranched alkanes of at least 4 members (excludes halogenated alkanes) is 3. The van der Waals surface area contributed by atoms with Gasteiger partial charge >= 0.3 is 0 Å². The molecular formula is C40H37N3O3S2. The smallest absolute Gasteiger partial charge is 0.271 e. The summed E-state index contributed by atoms with van der Waals surface area (Å²) in [6.45, 7) is 2.06. The topological polar surface area (TPSA) is 84.6 Å². The Morgan fingerprint density at radius 1 is 0.854 bits per heavy atom. The maximum Gasteiger partial charge on any atom is 0.271 e. The van der Waals surface area contributed by atoms with Crippen molar-refractivity contribution in [2.24, 2.45) is 0 Å². The largest absolute Gasteiger partial charge is 0.396 e.